The minimum absolute atomic E-state index is 0.0768. The van der Waals surface area contributed by atoms with Crippen LogP contribution in [0.25, 0.3) is 10.9 Å². The van der Waals surface area contributed by atoms with Crippen LogP contribution in [0.3, 0.4) is 0 Å². The lowest BCUT2D eigenvalue weighted by atomic mass is 10.1. The first-order valence-electron chi connectivity index (χ1n) is 11.5. The Morgan fingerprint density at radius 1 is 1.15 bits per heavy atom. The Morgan fingerprint density at radius 2 is 1.97 bits per heavy atom. The number of ether oxygens (including phenoxy) is 2. The van der Waals surface area contributed by atoms with Crippen LogP contribution in [0, 0.1) is 0 Å². The summed E-state index contributed by atoms with van der Waals surface area (Å²) in [4.78, 5) is 20.3. The summed E-state index contributed by atoms with van der Waals surface area (Å²) >= 11 is 0. The van der Waals surface area contributed by atoms with Crippen molar-refractivity contribution in [1.29, 1.82) is 0 Å². The molecule has 2 N–H and O–H groups in total. The van der Waals surface area contributed by atoms with Gasteiger partial charge in [0.25, 0.3) is 5.91 Å². The number of rotatable bonds is 10. The number of hydrogen-bond acceptors (Lipinski definition) is 5. The van der Waals surface area contributed by atoms with Crippen LogP contribution in [-0.2, 0) is 0 Å². The zero-order valence-electron chi connectivity index (χ0n) is 19.4. The number of halogens is 1. The molecule has 7 nitrogen and oxygen atoms in total. The van der Waals surface area contributed by atoms with Gasteiger partial charge >= 0.3 is 0 Å². The van der Waals surface area contributed by atoms with Crippen molar-refractivity contribution >= 4 is 22.5 Å². The van der Waals surface area contributed by atoms with Crippen LogP contribution in [0.2, 0.25) is 0 Å². The Labute approximate surface area is 199 Å². The largest absolute Gasteiger partial charge is 0.497 e. The average molecular weight is 467 g/mol. The molecule has 1 aromatic heterocycles. The van der Waals surface area contributed by atoms with Crippen molar-refractivity contribution in [2.24, 2.45) is 0 Å². The van der Waals surface area contributed by atoms with E-state index in [2.05, 4.69) is 26.2 Å². The van der Waals surface area contributed by atoms with E-state index in [1.54, 1.807) is 13.3 Å². The molecule has 1 fully saturated rings. The third kappa shape index (κ3) is 5.69. The Kier molecular flexibility index (Phi) is 8.04. The SMILES string of the molecule is COc1ccc2c(C(=O)NC/C=C/CN3CCN(c4ccccc4OCCF)CC3)c[nH]c2c1. The van der Waals surface area contributed by atoms with E-state index in [1.807, 2.05) is 48.5 Å². The predicted molar refractivity (Wildman–Crippen MR) is 133 cm³/mol. The lowest BCUT2D eigenvalue weighted by Gasteiger charge is -2.36. The summed E-state index contributed by atoms with van der Waals surface area (Å²) in [5.74, 6) is 1.38. The zero-order chi connectivity index (χ0) is 23.8. The molecule has 0 spiro atoms. The van der Waals surface area contributed by atoms with Gasteiger partial charge in [-0.2, -0.15) is 0 Å². The summed E-state index contributed by atoms with van der Waals surface area (Å²) in [6, 6.07) is 13.4. The third-order valence-electron chi connectivity index (χ3n) is 5.96. The minimum atomic E-state index is -0.494. The van der Waals surface area contributed by atoms with Gasteiger partial charge in [-0.25, -0.2) is 4.39 Å². The summed E-state index contributed by atoms with van der Waals surface area (Å²) in [5, 5.41) is 3.82. The normalized spacial score (nSPS) is 14.6. The van der Waals surface area contributed by atoms with Gasteiger partial charge in [-0.1, -0.05) is 24.3 Å². The number of alkyl halides is 1. The second-order valence-corrected chi connectivity index (χ2v) is 8.09. The summed E-state index contributed by atoms with van der Waals surface area (Å²) in [7, 11) is 1.62. The number of para-hydroxylation sites is 2. The highest BCUT2D eigenvalue weighted by Crippen LogP contribution is 2.29. The average Bonchev–Trinajstić information content (AvgIpc) is 3.31. The number of methoxy groups -OCH3 is 1. The molecule has 2 heterocycles. The van der Waals surface area contributed by atoms with Crippen molar-refractivity contribution in [3.8, 4) is 11.5 Å². The summed E-state index contributed by atoms with van der Waals surface area (Å²) in [6.07, 6.45) is 5.81. The maximum absolute atomic E-state index is 12.6. The number of H-pyrrole nitrogens is 1. The number of benzene rings is 2. The van der Waals surface area contributed by atoms with Crippen LogP contribution >= 0.6 is 0 Å². The van der Waals surface area contributed by atoms with Crippen LogP contribution in [0.5, 0.6) is 11.5 Å². The van der Waals surface area contributed by atoms with Crippen molar-refractivity contribution in [3.05, 3.63) is 66.4 Å². The van der Waals surface area contributed by atoms with Gasteiger partial charge in [-0.15, -0.1) is 0 Å². The fraction of sp³-hybridized carbons (Fsp3) is 0.346. The first-order valence-corrected chi connectivity index (χ1v) is 11.5. The van der Waals surface area contributed by atoms with Crippen molar-refractivity contribution in [1.82, 2.24) is 15.2 Å². The monoisotopic (exact) mass is 466 g/mol. The maximum Gasteiger partial charge on any atom is 0.253 e. The van der Waals surface area contributed by atoms with Crippen molar-refractivity contribution in [2.75, 3.05) is 64.6 Å². The van der Waals surface area contributed by atoms with E-state index in [1.165, 1.54) is 0 Å². The molecular formula is C26H31FN4O3. The van der Waals surface area contributed by atoms with Crippen molar-refractivity contribution in [2.45, 2.75) is 0 Å². The summed E-state index contributed by atoms with van der Waals surface area (Å²) < 4.78 is 23.3. The van der Waals surface area contributed by atoms with Gasteiger partial charge in [0.15, 0.2) is 0 Å². The first-order chi connectivity index (χ1) is 16.7. The van der Waals surface area contributed by atoms with E-state index >= 15 is 0 Å². The van der Waals surface area contributed by atoms with E-state index in [0.29, 0.717) is 12.1 Å². The number of hydrogen-bond donors (Lipinski definition) is 2. The highest BCUT2D eigenvalue weighted by molar-refractivity contribution is 6.07. The van der Waals surface area contributed by atoms with Crippen LogP contribution in [0.4, 0.5) is 10.1 Å². The first kappa shape index (κ1) is 23.6. The van der Waals surface area contributed by atoms with Gasteiger partial charge in [0.05, 0.1) is 18.4 Å². The van der Waals surface area contributed by atoms with Crippen LogP contribution in [0.1, 0.15) is 10.4 Å². The number of aromatic nitrogens is 1. The van der Waals surface area contributed by atoms with Crippen molar-refractivity contribution < 1.29 is 18.7 Å². The lowest BCUT2D eigenvalue weighted by molar-refractivity contribution is 0.0959. The molecular weight excluding hydrogens is 435 g/mol. The summed E-state index contributed by atoms with van der Waals surface area (Å²) in [6.45, 7) is 4.49. The second kappa shape index (κ2) is 11.6. The molecule has 1 aliphatic heterocycles. The fourth-order valence-corrected chi connectivity index (χ4v) is 4.13. The van der Waals surface area contributed by atoms with Gasteiger partial charge in [0, 0.05) is 62.4 Å². The zero-order valence-corrected chi connectivity index (χ0v) is 19.4. The highest BCUT2D eigenvalue weighted by Gasteiger charge is 2.19. The van der Waals surface area contributed by atoms with E-state index in [0.717, 1.165) is 60.8 Å². The highest BCUT2D eigenvalue weighted by atomic mass is 19.1. The smallest absolute Gasteiger partial charge is 0.253 e. The standard InChI is InChI=1S/C26H31FN4O3/c1-33-20-8-9-21-22(19-29-23(21)18-20)26(32)28-11-4-5-12-30-13-15-31(16-14-30)24-6-2-3-7-25(24)34-17-10-27/h2-9,18-19,29H,10-17H2,1H3,(H,28,32)/b5-4+. The van der Waals surface area contributed by atoms with E-state index < -0.39 is 6.67 Å². The van der Waals surface area contributed by atoms with Crippen molar-refractivity contribution in [3.63, 3.8) is 0 Å². The molecule has 0 saturated carbocycles. The number of amides is 1. The van der Waals surface area contributed by atoms with Crippen LogP contribution in [0.15, 0.2) is 60.8 Å². The molecule has 8 heteroatoms. The molecule has 1 saturated heterocycles. The number of anilines is 1. The Bertz CT molecular complexity index is 1120. The molecule has 1 aliphatic rings. The number of aromatic amines is 1. The fourth-order valence-electron chi connectivity index (χ4n) is 4.13. The lowest BCUT2D eigenvalue weighted by Crippen LogP contribution is -2.46. The molecule has 0 radical (unpaired) electrons. The predicted octanol–water partition coefficient (Wildman–Crippen LogP) is 3.63. The molecule has 2 aromatic carbocycles. The number of nitrogens with one attached hydrogen (secondary N) is 2. The van der Waals surface area contributed by atoms with Gasteiger partial charge in [0.1, 0.15) is 24.8 Å². The van der Waals surface area contributed by atoms with Gasteiger partial charge in [0.2, 0.25) is 0 Å². The van der Waals surface area contributed by atoms with E-state index in [-0.39, 0.29) is 12.5 Å². The molecule has 3 aromatic rings. The van der Waals surface area contributed by atoms with E-state index in [9.17, 15) is 9.18 Å². The van der Waals surface area contributed by atoms with Gasteiger partial charge in [-0.05, 0) is 24.3 Å². The molecule has 0 aliphatic carbocycles. The van der Waals surface area contributed by atoms with Gasteiger partial charge in [-0.3, -0.25) is 9.69 Å². The number of nitrogens with zero attached hydrogens (tertiary/aromatic N) is 2. The van der Waals surface area contributed by atoms with Crippen LogP contribution < -0.4 is 19.7 Å². The van der Waals surface area contributed by atoms with Crippen LogP contribution in [-0.4, -0.2) is 75.5 Å². The molecule has 1 amide bonds. The Balaban J connectivity index is 1.21. The topological polar surface area (TPSA) is 69.8 Å². The molecule has 4 rings (SSSR count). The number of fused-ring (bicyclic) bond motifs is 1. The number of piperazine rings is 1. The Morgan fingerprint density at radius 3 is 2.76 bits per heavy atom. The molecule has 0 unspecified atom stereocenters. The number of carbonyl (C=O) groups is 1. The minimum Gasteiger partial charge on any atom is -0.497 e. The maximum atomic E-state index is 12.6. The summed E-state index contributed by atoms with van der Waals surface area (Å²) in [5.41, 5.74) is 2.51. The second-order valence-electron chi connectivity index (χ2n) is 8.09. The molecule has 0 bridgehead atoms. The Hall–Kier alpha value is -3.52. The molecule has 34 heavy (non-hydrogen) atoms. The van der Waals surface area contributed by atoms with Gasteiger partial charge < -0.3 is 24.7 Å². The quantitative estimate of drug-likeness (QED) is 0.447. The molecule has 180 valence electrons. The third-order valence-corrected chi connectivity index (χ3v) is 5.96. The number of carbonyl (C=O) groups excluding carboxylic acids is 1. The molecule has 0 atom stereocenters. The van der Waals surface area contributed by atoms with E-state index in [4.69, 9.17) is 9.47 Å².